The number of nitrogens with one attached hydrogen (secondary N) is 3. The maximum atomic E-state index is 12.4. The largest absolute Gasteiger partial charge is 0.370 e. The van der Waals surface area contributed by atoms with E-state index in [0.29, 0.717) is 28.0 Å². The lowest BCUT2D eigenvalue weighted by Crippen LogP contribution is -2.18. The van der Waals surface area contributed by atoms with Gasteiger partial charge in [0.05, 0.1) is 23.8 Å². The molecule has 3 heterocycles. The summed E-state index contributed by atoms with van der Waals surface area (Å²) in [6, 6.07) is 7.22. The minimum Gasteiger partial charge on any atom is -0.370 e. The molecule has 0 unspecified atom stereocenters. The minimum absolute atomic E-state index is 0.213. The Morgan fingerprint density at radius 3 is 2.85 bits per heavy atom. The molecule has 0 radical (unpaired) electrons. The molecule has 0 amide bonds. The Kier molecular flexibility index (Phi) is 4.89. The molecule has 0 bridgehead atoms. The van der Waals surface area contributed by atoms with Crippen molar-refractivity contribution in [1.29, 1.82) is 0 Å². The van der Waals surface area contributed by atoms with E-state index >= 15 is 0 Å². The average molecular weight is 392 g/mol. The predicted molar refractivity (Wildman–Crippen MR) is 105 cm³/mol. The minimum atomic E-state index is -0.213. The van der Waals surface area contributed by atoms with Gasteiger partial charge in [-0.05, 0) is 37.6 Å². The average Bonchev–Trinajstić information content (AvgIpc) is 3.24. The molecule has 136 valence electrons. The first kappa shape index (κ1) is 17.4. The van der Waals surface area contributed by atoms with E-state index in [0.717, 1.165) is 43.0 Å². The highest BCUT2D eigenvalue weighted by Gasteiger charge is 2.15. The summed E-state index contributed by atoms with van der Waals surface area (Å²) >= 11 is 12.5. The third-order valence-electron chi connectivity index (χ3n) is 4.77. The molecule has 1 aliphatic heterocycles. The van der Waals surface area contributed by atoms with Gasteiger partial charge >= 0.3 is 5.69 Å². The third-order valence-corrected chi connectivity index (χ3v) is 5.48. The molecule has 1 saturated heterocycles. The second kappa shape index (κ2) is 7.31. The lowest BCUT2D eigenvalue weighted by molar-refractivity contribution is 0.614. The zero-order valence-corrected chi connectivity index (χ0v) is 15.6. The van der Waals surface area contributed by atoms with Gasteiger partial charge in [-0.3, -0.25) is 4.57 Å². The van der Waals surface area contributed by atoms with E-state index < -0.39 is 0 Å². The molecule has 6 nitrogen and oxygen atoms in total. The van der Waals surface area contributed by atoms with Crippen LogP contribution in [0.4, 0.5) is 5.82 Å². The molecule has 2 aromatic heterocycles. The molecule has 26 heavy (non-hydrogen) atoms. The molecule has 1 aromatic carbocycles. The fourth-order valence-electron chi connectivity index (χ4n) is 3.29. The number of hydrogen-bond acceptors (Lipinski definition) is 4. The van der Waals surface area contributed by atoms with E-state index in [1.54, 1.807) is 29.0 Å². The fraction of sp³-hybridized carbons (Fsp3) is 0.333. The number of H-pyrrole nitrogens is 1. The van der Waals surface area contributed by atoms with E-state index in [9.17, 15) is 4.79 Å². The van der Waals surface area contributed by atoms with Crippen LogP contribution in [0, 0.1) is 5.92 Å². The molecule has 4 rings (SSSR count). The Morgan fingerprint density at radius 2 is 2.12 bits per heavy atom. The van der Waals surface area contributed by atoms with Crippen LogP contribution in [0.3, 0.4) is 0 Å². The van der Waals surface area contributed by atoms with Gasteiger partial charge in [0.15, 0.2) is 0 Å². The van der Waals surface area contributed by atoms with Crippen molar-refractivity contribution in [2.75, 3.05) is 25.0 Å². The van der Waals surface area contributed by atoms with Gasteiger partial charge in [0.1, 0.15) is 5.82 Å². The lowest BCUT2D eigenvalue weighted by Gasteiger charge is -2.11. The standard InChI is InChI=1S/C18H19Cl2N5O/c19-13-2-1-3-14(20)12(13)10-25-16-6-17(22-8-11-4-5-21-7-11)23-9-15(16)24-18(25)26/h1-3,6,9,11,21H,4-5,7-8,10H2,(H,22,23)(H,24,26)/t11-/m1/s1. The number of pyridine rings is 1. The maximum Gasteiger partial charge on any atom is 0.326 e. The van der Waals surface area contributed by atoms with Crippen LogP contribution in [-0.4, -0.2) is 34.2 Å². The van der Waals surface area contributed by atoms with Gasteiger partial charge in [-0.2, -0.15) is 0 Å². The van der Waals surface area contributed by atoms with Crippen molar-refractivity contribution in [1.82, 2.24) is 19.9 Å². The summed E-state index contributed by atoms with van der Waals surface area (Å²) in [4.78, 5) is 19.6. The zero-order chi connectivity index (χ0) is 18.1. The van der Waals surface area contributed by atoms with Crippen LogP contribution in [0.15, 0.2) is 35.3 Å². The van der Waals surface area contributed by atoms with Crippen molar-refractivity contribution >= 4 is 40.1 Å². The zero-order valence-electron chi connectivity index (χ0n) is 14.1. The Morgan fingerprint density at radius 1 is 1.31 bits per heavy atom. The Balaban J connectivity index is 1.64. The molecule has 3 N–H and O–H groups in total. The summed E-state index contributed by atoms with van der Waals surface area (Å²) in [5, 5.41) is 7.81. The number of anilines is 1. The molecule has 3 aromatic rings. The van der Waals surface area contributed by atoms with Crippen molar-refractivity contribution in [2.24, 2.45) is 5.92 Å². The van der Waals surface area contributed by atoms with Gasteiger partial charge < -0.3 is 15.6 Å². The quantitative estimate of drug-likeness (QED) is 0.624. The van der Waals surface area contributed by atoms with Gasteiger partial charge in [0.2, 0.25) is 0 Å². The van der Waals surface area contributed by atoms with Crippen molar-refractivity contribution in [3.63, 3.8) is 0 Å². The van der Waals surface area contributed by atoms with Gasteiger partial charge in [0.25, 0.3) is 0 Å². The van der Waals surface area contributed by atoms with Gasteiger partial charge in [-0.25, -0.2) is 9.78 Å². The molecule has 1 fully saturated rings. The topological polar surface area (TPSA) is 74.7 Å². The maximum absolute atomic E-state index is 12.4. The van der Waals surface area contributed by atoms with Crippen LogP contribution in [-0.2, 0) is 6.54 Å². The van der Waals surface area contributed by atoms with E-state index in [4.69, 9.17) is 23.2 Å². The Bertz CT molecular complexity index is 971. The first-order valence-electron chi connectivity index (χ1n) is 8.58. The van der Waals surface area contributed by atoms with Crippen LogP contribution >= 0.6 is 23.2 Å². The highest BCUT2D eigenvalue weighted by Crippen LogP contribution is 2.26. The second-order valence-electron chi connectivity index (χ2n) is 6.54. The fourth-order valence-corrected chi connectivity index (χ4v) is 3.81. The summed E-state index contributed by atoms with van der Waals surface area (Å²) in [6.45, 7) is 3.24. The van der Waals surface area contributed by atoms with Crippen LogP contribution in [0.5, 0.6) is 0 Å². The summed E-state index contributed by atoms with van der Waals surface area (Å²) in [7, 11) is 0. The van der Waals surface area contributed by atoms with Gasteiger partial charge in [0, 0.05) is 28.2 Å². The van der Waals surface area contributed by atoms with Crippen LogP contribution in [0.25, 0.3) is 11.0 Å². The summed E-state index contributed by atoms with van der Waals surface area (Å²) in [6.07, 6.45) is 2.84. The first-order valence-corrected chi connectivity index (χ1v) is 9.33. The smallest absolute Gasteiger partial charge is 0.326 e. The molecule has 8 heteroatoms. The number of hydrogen-bond donors (Lipinski definition) is 3. The molecule has 0 aliphatic carbocycles. The number of benzene rings is 1. The van der Waals surface area contributed by atoms with Crippen molar-refractivity contribution in [2.45, 2.75) is 13.0 Å². The molecule has 1 aliphatic rings. The molecule has 1 atom stereocenters. The summed E-state index contributed by atoms with van der Waals surface area (Å²) < 4.78 is 1.63. The van der Waals surface area contributed by atoms with Crippen LogP contribution in [0.1, 0.15) is 12.0 Å². The summed E-state index contributed by atoms with van der Waals surface area (Å²) in [5.41, 5.74) is 1.97. The first-order chi connectivity index (χ1) is 12.6. The normalized spacial score (nSPS) is 17.1. The van der Waals surface area contributed by atoms with Crippen LogP contribution < -0.4 is 16.3 Å². The predicted octanol–water partition coefficient (Wildman–Crippen LogP) is 3.10. The van der Waals surface area contributed by atoms with Gasteiger partial charge in [-0.15, -0.1) is 0 Å². The monoisotopic (exact) mass is 391 g/mol. The number of aromatic nitrogens is 3. The van der Waals surface area contributed by atoms with E-state index in [1.165, 1.54) is 0 Å². The molecule has 0 saturated carbocycles. The molecular formula is C18H19Cl2N5O. The number of imidazole rings is 1. The number of halogens is 2. The second-order valence-corrected chi connectivity index (χ2v) is 7.36. The van der Waals surface area contributed by atoms with E-state index in [1.807, 2.05) is 6.07 Å². The van der Waals surface area contributed by atoms with Crippen molar-refractivity contribution < 1.29 is 0 Å². The van der Waals surface area contributed by atoms with Gasteiger partial charge in [-0.1, -0.05) is 29.3 Å². The van der Waals surface area contributed by atoms with Crippen LogP contribution in [0.2, 0.25) is 10.0 Å². The highest BCUT2D eigenvalue weighted by atomic mass is 35.5. The highest BCUT2D eigenvalue weighted by molar-refractivity contribution is 6.36. The number of nitrogens with zero attached hydrogens (tertiary/aromatic N) is 2. The van der Waals surface area contributed by atoms with Crippen molar-refractivity contribution in [3.8, 4) is 0 Å². The number of aromatic amines is 1. The van der Waals surface area contributed by atoms with E-state index in [-0.39, 0.29) is 5.69 Å². The van der Waals surface area contributed by atoms with E-state index in [2.05, 4.69) is 20.6 Å². The summed E-state index contributed by atoms with van der Waals surface area (Å²) in [5.74, 6) is 1.35. The molecular weight excluding hydrogens is 373 g/mol. The van der Waals surface area contributed by atoms with Crippen molar-refractivity contribution in [3.05, 3.63) is 56.6 Å². The third kappa shape index (κ3) is 3.45. The molecule has 0 spiro atoms. The Labute approximate surface area is 160 Å². The lowest BCUT2D eigenvalue weighted by atomic mass is 10.1. The number of fused-ring (bicyclic) bond motifs is 1. The SMILES string of the molecule is O=c1[nH]c2cnc(NC[C@@H]3CCNC3)cc2n1Cc1c(Cl)cccc1Cl. The Hall–Kier alpha value is -2.02. The number of rotatable bonds is 5.